The summed E-state index contributed by atoms with van der Waals surface area (Å²) in [5, 5.41) is 2.95. The number of methoxy groups -OCH3 is 1. The highest BCUT2D eigenvalue weighted by molar-refractivity contribution is 5.81. The van der Waals surface area contributed by atoms with Gasteiger partial charge in [-0.1, -0.05) is 0 Å². The summed E-state index contributed by atoms with van der Waals surface area (Å²) in [6, 6.07) is 3.76. The number of rotatable bonds is 5. The Bertz CT molecular complexity index is 290. The Balaban J connectivity index is 2.10. The zero-order valence-electron chi connectivity index (χ0n) is 8.03. The molecule has 0 unspecified atom stereocenters. The molecule has 0 amide bonds. The smallest absolute Gasteiger partial charge is 0.331 e. The van der Waals surface area contributed by atoms with Gasteiger partial charge in [0.1, 0.15) is 5.76 Å². The summed E-state index contributed by atoms with van der Waals surface area (Å²) in [7, 11) is 1.34. The van der Waals surface area contributed by atoms with Crippen LogP contribution in [0.25, 0.3) is 0 Å². The summed E-state index contributed by atoms with van der Waals surface area (Å²) < 4.78 is 9.55. The zero-order valence-corrected chi connectivity index (χ0v) is 8.03. The number of carbonyl (C=O) groups excluding carboxylic acids is 1. The normalized spacial score (nSPS) is 10.4. The highest BCUT2D eigenvalue weighted by Gasteiger charge is 1.93. The number of nitrogens with one attached hydrogen (secondary N) is 1. The zero-order chi connectivity index (χ0) is 10.2. The van der Waals surface area contributed by atoms with E-state index in [1.165, 1.54) is 13.2 Å². The maximum absolute atomic E-state index is 10.6. The van der Waals surface area contributed by atoms with Crippen LogP contribution in [-0.4, -0.2) is 19.6 Å². The van der Waals surface area contributed by atoms with Crippen molar-refractivity contribution >= 4 is 5.97 Å². The summed E-state index contributed by atoms with van der Waals surface area (Å²) in [5.41, 5.74) is 0. The summed E-state index contributed by atoms with van der Waals surface area (Å²) in [4.78, 5) is 10.6. The number of ether oxygens (including phenoxy) is 1. The average Bonchev–Trinajstić information content (AvgIpc) is 2.69. The van der Waals surface area contributed by atoms with Crippen LogP contribution < -0.4 is 5.32 Å². The van der Waals surface area contributed by atoms with Crippen LogP contribution in [0.1, 0.15) is 5.76 Å². The first-order valence-corrected chi connectivity index (χ1v) is 4.33. The Morgan fingerprint density at radius 2 is 2.57 bits per heavy atom. The predicted octanol–water partition coefficient (Wildman–Crippen LogP) is 1.10. The first-order chi connectivity index (χ1) is 6.83. The first kappa shape index (κ1) is 10.4. The van der Waals surface area contributed by atoms with E-state index in [0.717, 1.165) is 18.7 Å². The highest BCUT2D eigenvalue weighted by atomic mass is 16.5. The molecule has 0 spiro atoms. The second-order valence-electron chi connectivity index (χ2n) is 2.64. The molecule has 0 fully saturated rings. The van der Waals surface area contributed by atoms with Gasteiger partial charge in [-0.05, 0) is 12.1 Å². The van der Waals surface area contributed by atoms with E-state index in [4.69, 9.17) is 4.42 Å². The molecular formula is C10H13NO3. The van der Waals surface area contributed by atoms with Crippen molar-refractivity contribution in [3.05, 3.63) is 36.4 Å². The van der Waals surface area contributed by atoms with Crippen molar-refractivity contribution in [1.82, 2.24) is 5.32 Å². The Morgan fingerprint density at radius 1 is 1.71 bits per heavy atom. The number of furan rings is 1. The van der Waals surface area contributed by atoms with Gasteiger partial charge in [0.15, 0.2) is 0 Å². The molecule has 76 valence electrons. The van der Waals surface area contributed by atoms with E-state index in [9.17, 15) is 4.79 Å². The van der Waals surface area contributed by atoms with Crippen LogP contribution in [0.3, 0.4) is 0 Å². The maximum atomic E-state index is 10.6. The SMILES string of the molecule is COC(=O)/C=C/NCCc1ccco1. The third-order valence-electron chi connectivity index (χ3n) is 1.63. The molecule has 4 nitrogen and oxygen atoms in total. The standard InChI is InChI=1S/C10H13NO3/c1-13-10(12)5-7-11-6-4-9-3-2-8-14-9/h2-3,5,7-8,11H,4,6H2,1H3/b7-5+. The molecule has 14 heavy (non-hydrogen) atoms. The molecule has 1 aromatic rings. The lowest BCUT2D eigenvalue weighted by Crippen LogP contribution is -2.10. The Morgan fingerprint density at radius 3 is 3.21 bits per heavy atom. The van der Waals surface area contributed by atoms with E-state index >= 15 is 0 Å². The molecule has 0 aliphatic rings. The van der Waals surface area contributed by atoms with Crippen molar-refractivity contribution in [3.8, 4) is 0 Å². The number of carbonyl (C=O) groups is 1. The predicted molar refractivity (Wildman–Crippen MR) is 51.6 cm³/mol. The Hall–Kier alpha value is -1.71. The fraction of sp³-hybridized carbons (Fsp3) is 0.300. The largest absolute Gasteiger partial charge is 0.469 e. The molecule has 1 N–H and O–H groups in total. The van der Waals surface area contributed by atoms with E-state index < -0.39 is 0 Å². The van der Waals surface area contributed by atoms with Crippen LogP contribution in [0.2, 0.25) is 0 Å². The van der Waals surface area contributed by atoms with Gasteiger partial charge in [0.05, 0.1) is 13.4 Å². The van der Waals surface area contributed by atoms with Crippen LogP contribution in [0.15, 0.2) is 35.1 Å². The second-order valence-corrected chi connectivity index (χ2v) is 2.64. The van der Waals surface area contributed by atoms with Gasteiger partial charge in [-0.15, -0.1) is 0 Å². The monoisotopic (exact) mass is 195 g/mol. The van der Waals surface area contributed by atoms with E-state index in [0.29, 0.717) is 0 Å². The van der Waals surface area contributed by atoms with Crippen molar-refractivity contribution < 1.29 is 13.9 Å². The quantitative estimate of drug-likeness (QED) is 0.434. The minimum Gasteiger partial charge on any atom is -0.469 e. The number of esters is 1. The molecular weight excluding hydrogens is 182 g/mol. The minimum atomic E-state index is -0.365. The van der Waals surface area contributed by atoms with Gasteiger partial charge in [-0.3, -0.25) is 0 Å². The lowest BCUT2D eigenvalue weighted by atomic mass is 10.3. The van der Waals surface area contributed by atoms with Gasteiger partial charge in [-0.2, -0.15) is 0 Å². The Kier molecular flexibility index (Phi) is 4.34. The van der Waals surface area contributed by atoms with Crippen molar-refractivity contribution in [3.63, 3.8) is 0 Å². The molecule has 1 rings (SSSR count). The molecule has 0 saturated carbocycles. The summed E-state index contributed by atoms with van der Waals surface area (Å²) >= 11 is 0. The van der Waals surface area contributed by atoms with Gasteiger partial charge in [0, 0.05) is 25.2 Å². The van der Waals surface area contributed by atoms with Crippen molar-refractivity contribution in [1.29, 1.82) is 0 Å². The van der Waals surface area contributed by atoms with Crippen LogP contribution >= 0.6 is 0 Å². The van der Waals surface area contributed by atoms with Gasteiger partial charge in [0.2, 0.25) is 0 Å². The second kappa shape index (κ2) is 5.85. The van der Waals surface area contributed by atoms with Gasteiger partial charge in [-0.25, -0.2) is 4.79 Å². The molecule has 0 atom stereocenters. The highest BCUT2D eigenvalue weighted by Crippen LogP contribution is 1.99. The van der Waals surface area contributed by atoms with Crippen LogP contribution in [-0.2, 0) is 16.0 Å². The minimum absolute atomic E-state index is 0.365. The van der Waals surface area contributed by atoms with Crippen molar-refractivity contribution in [2.24, 2.45) is 0 Å². The molecule has 0 radical (unpaired) electrons. The Labute approximate surface area is 82.6 Å². The van der Waals surface area contributed by atoms with E-state index in [1.807, 2.05) is 12.1 Å². The molecule has 0 aromatic carbocycles. The average molecular weight is 195 g/mol. The third-order valence-corrected chi connectivity index (χ3v) is 1.63. The topological polar surface area (TPSA) is 51.5 Å². The fourth-order valence-electron chi connectivity index (χ4n) is 0.929. The first-order valence-electron chi connectivity index (χ1n) is 4.33. The van der Waals surface area contributed by atoms with Gasteiger partial charge in [0.25, 0.3) is 0 Å². The van der Waals surface area contributed by atoms with Crippen molar-refractivity contribution in [2.75, 3.05) is 13.7 Å². The van der Waals surface area contributed by atoms with E-state index in [2.05, 4.69) is 10.1 Å². The summed E-state index contributed by atoms with van der Waals surface area (Å²) in [6.45, 7) is 0.723. The van der Waals surface area contributed by atoms with Crippen LogP contribution in [0.5, 0.6) is 0 Å². The molecule has 1 aromatic heterocycles. The maximum Gasteiger partial charge on any atom is 0.331 e. The summed E-state index contributed by atoms with van der Waals surface area (Å²) in [5.74, 6) is 0.555. The van der Waals surface area contributed by atoms with Gasteiger partial charge < -0.3 is 14.5 Å². The van der Waals surface area contributed by atoms with Crippen molar-refractivity contribution in [2.45, 2.75) is 6.42 Å². The lowest BCUT2D eigenvalue weighted by Gasteiger charge is -1.97. The van der Waals surface area contributed by atoms with E-state index in [1.54, 1.807) is 12.5 Å². The van der Waals surface area contributed by atoms with Gasteiger partial charge >= 0.3 is 5.97 Å². The molecule has 4 heteroatoms. The molecule has 0 aliphatic heterocycles. The van der Waals surface area contributed by atoms with Crippen LogP contribution in [0, 0.1) is 0 Å². The number of hydrogen-bond acceptors (Lipinski definition) is 4. The molecule has 0 aliphatic carbocycles. The van der Waals surface area contributed by atoms with E-state index in [-0.39, 0.29) is 5.97 Å². The molecule has 1 heterocycles. The summed E-state index contributed by atoms with van der Waals surface area (Å²) in [6.07, 6.45) is 5.33. The fourth-order valence-corrected chi connectivity index (χ4v) is 0.929. The molecule has 0 bridgehead atoms. The van der Waals surface area contributed by atoms with Crippen LogP contribution in [0.4, 0.5) is 0 Å². The number of hydrogen-bond donors (Lipinski definition) is 1. The molecule has 0 saturated heterocycles. The third kappa shape index (κ3) is 3.80. The lowest BCUT2D eigenvalue weighted by molar-refractivity contribution is -0.134.